The van der Waals surface area contributed by atoms with Gasteiger partial charge in [0.15, 0.2) is 5.69 Å². The molecular weight excluding hydrogens is 190 g/mol. The molecule has 0 aliphatic rings. The van der Waals surface area contributed by atoms with Gasteiger partial charge in [-0.1, -0.05) is 40.2 Å². The maximum atomic E-state index is 7.31. The van der Waals surface area contributed by atoms with Crippen molar-refractivity contribution in [3.8, 4) is 0 Å². The Labute approximate surface area is 71.4 Å². The average molecular weight is 198 g/mol. The van der Waals surface area contributed by atoms with Crippen molar-refractivity contribution in [3.63, 3.8) is 0 Å². The standard InChI is InChI=1S/C8H6BrN/c1-10-8-4-2-7(6-9)3-5-8/h2-5H,6H2/i6D2. The van der Waals surface area contributed by atoms with Crippen LogP contribution in [-0.4, -0.2) is 0 Å². The molecule has 50 valence electrons. The van der Waals surface area contributed by atoms with Crippen molar-refractivity contribution in [2.45, 2.75) is 5.28 Å². The van der Waals surface area contributed by atoms with Crippen LogP contribution in [0.1, 0.15) is 8.30 Å². The molecule has 10 heavy (non-hydrogen) atoms. The van der Waals surface area contributed by atoms with Gasteiger partial charge in [-0.05, 0) is 5.56 Å². The summed E-state index contributed by atoms with van der Waals surface area (Å²) in [6, 6.07) is 6.40. The zero-order valence-corrected chi connectivity index (χ0v) is 6.72. The minimum Gasteiger partial charge on any atom is -0.238 e. The fourth-order valence-corrected chi connectivity index (χ4v) is 0.863. The Bertz CT molecular complexity index is 307. The van der Waals surface area contributed by atoms with Crippen LogP contribution in [0.25, 0.3) is 4.85 Å². The van der Waals surface area contributed by atoms with E-state index in [4.69, 9.17) is 9.31 Å². The molecule has 0 saturated heterocycles. The first-order valence-electron chi connectivity index (χ1n) is 3.71. The Hall–Kier alpha value is -0.810. The van der Waals surface area contributed by atoms with Gasteiger partial charge in [0, 0.05) is 8.02 Å². The number of hydrogen-bond acceptors (Lipinski definition) is 0. The molecule has 0 aliphatic carbocycles. The highest BCUT2D eigenvalue weighted by atomic mass is 79.9. The van der Waals surface area contributed by atoms with E-state index in [9.17, 15) is 0 Å². The summed E-state index contributed by atoms with van der Waals surface area (Å²) in [5.41, 5.74) is 1.05. The number of halogens is 1. The first-order valence-corrected chi connectivity index (χ1v) is 3.50. The van der Waals surface area contributed by atoms with E-state index in [1.807, 2.05) is 0 Å². The van der Waals surface area contributed by atoms with E-state index in [0.29, 0.717) is 11.3 Å². The Balaban J connectivity index is 3.02. The molecule has 0 heterocycles. The summed E-state index contributed by atoms with van der Waals surface area (Å²) in [7, 11) is 0. The van der Waals surface area contributed by atoms with E-state index in [2.05, 4.69) is 20.8 Å². The van der Waals surface area contributed by atoms with Gasteiger partial charge in [-0.25, -0.2) is 4.85 Å². The van der Waals surface area contributed by atoms with Crippen LogP contribution >= 0.6 is 15.9 Å². The fraction of sp³-hybridized carbons (Fsp3) is 0.125. The molecule has 0 aliphatic heterocycles. The number of alkyl halides is 1. The van der Waals surface area contributed by atoms with Crippen LogP contribution in [0.15, 0.2) is 24.3 Å². The number of benzene rings is 1. The zero-order chi connectivity index (χ0) is 9.19. The summed E-state index contributed by atoms with van der Waals surface area (Å²) in [6.07, 6.45) is 0. The monoisotopic (exact) mass is 197 g/mol. The highest BCUT2D eigenvalue weighted by Gasteiger charge is 1.89. The van der Waals surface area contributed by atoms with Gasteiger partial charge in [0.1, 0.15) is 0 Å². The maximum Gasteiger partial charge on any atom is 0.187 e. The number of hydrogen-bond donors (Lipinski definition) is 0. The molecule has 1 aromatic carbocycles. The van der Waals surface area contributed by atoms with Crippen molar-refractivity contribution in [1.82, 2.24) is 0 Å². The molecule has 0 spiro atoms. The summed E-state index contributed by atoms with van der Waals surface area (Å²) in [5, 5.41) is -1.51. The predicted octanol–water partition coefficient (Wildman–Crippen LogP) is 3.13. The van der Waals surface area contributed by atoms with E-state index >= 15 is 0 Å². The first-order chi connectivity index (χ1) is 5.54. The summed E-state index contributed by atoms with van der Waals surface area (Å²) in [4.78, 5) is 3.21. The van der Waals surface area contributed by atoms with Gasteiger partial charge in [-0.3, -0.25) is 0 Å². The fourth-order valence-electron chi connectivity index (χ4n) is 0.599. The second-order valence-corrected chi connectivity index (χ2v) is 2.15. The van der Waals surface area contributed by atoms with Crippen molar-refractivity contribution in [1.29, 1.82) is 0 Å². The number of rotatable bonds is 1. The average Bonchev–Trinajstić information content (AvgIpc) is 2.03. The van der Waals surface area contributed by atoms with Crippen LogP contribution < -0.4 is 0 Å². The van der Waals surface area contributed by atoms with Gasteiger partial charge in [-0.15, -0.1) is 0 Å². The maximum absolute atomic E-state index is 7.31. The van der Waals surface area contributed by atoms with Crippen molar-refractivity contribution in [2.24, 2.45) is 0 Å². The topological polar surface area (TPSA) is 4.36 Å². The molecule has 0 unspecified atom stereocenters. The van der Waals surface area contributed by atoms with Gasteiger partial charge in [0.05, 0.1) is 6.57 Å². The van der Waals surface area contributed by atoms with Crippen LogP contribution in [0.5, 0.6) is 0 Å². The Morgan fingerprint density at radius 1 is 1.50 bits per heavy atom. The van der Waals surface area contributed by atoms with Crippen molar-refractivity contribution in [3.05, 3.63) is 41.2 Å². The van der Waals surface area contributed by atoms with Crippen LogP contribution in [0.3, 0.4) is 0 Å². The quantitative estimate of drug-likeness (QED) is 0.482. The van der Waals surface area contributed by atoms with E-state index in [1.54, 1.807) is 24.3 Å². The van der Waals surface area contributed by atoms with E-state index in [1.165, 1.54) is 0 Å². The molecule has 0 aromatic heterocycles. The molecule has 0 amide bonds. The Morgan fingerprint density at radius 3 is 2.50 bits per heavy atom. The second kappa shape index (κ2) is 3.38. The smallest absolute Gasteiger partial charge is 0.187 e. The lowest BCUT2D eigenvalue weighted by molar-refractivity contribution is 1.44. The van der Waals surface area contributed by atoms with E-state index in [-0.39, 0.29) is 0 Å². The molecule has 1 aromatic rings. The minimum atomic E-state index is -1.51. The van der Waals surface area contributed by atoms with E-state index in [0.717, 1.165) is 0 Å². The SMILES string of the molecule is [2H]C([2H])(Br)c1ccc([N+]#[C-])cc1. The summed E-state index contributed by atoms with van der Waals surface area (Å²) < 4.78 is 14.6. The molecule has 1 rings (SSSR count). The molecule has 0 atom stereocenters. The van der Waals surface area contributed by atoms with Crippen molar-refractivity contribution >= 4 is 21.6 Å². The molecule has 0 radical (unpaired) electrons. The lowest BCUT2D eigenvalue weighted by atomic mass is 10.2. The Morgan fingerprint density at radius 2 is 2.10 bits per heavy atom. The third-order valence-electron chi connectivity index (χ3n) is 1.11. The normalized spacial score (nSPS) is 13.2. The van der Waals surface area contributed by atoms with Crippen LogP contribution in [0.2, 0.25) is 0 Å². The van der Waals surface area contributed by atoms with Crippen molar-refractivity contribution in [2.75, 3.05) is 0 Å². The van der Waals surface area contributed by atoms with E-state index < -0.39 is 5.28 Å². The summed E-state index contributed by atoms with van der Waals surface area (Å²) in [6.45, 7) is 6.69. The molecule has 0 bridgehead atoms. The molecular formula is C8H6BrN. The molecule has 1 nitrogen and oxygen atoms in total. The lowest BCUT2D eigenvalue weighted by Gasteiger charge is -1.92. The second-order valence-electron chi connectivity index (χ2n) is 1.75. The third-order valence-corrected chi connectivity index (χ3v) is 1.56. The predicted molar refractivity (Wildman–Crippen MR) is 45.3 cm³/mol. The Kier molecular flexibility index (Phi) is 1.66. The van der Waals surface area contributed by atoms with Gasteiger partial charge >= 0.3 is 0 Å². The third kappa shape index (κ3) is 1.58. The summed E-state index contributed by atoms with van der Waals surface area (Å²) >= 11 is 2.89. The zero-order valence-electron chi connectivity index (χ0n) is 7.13. The van der Waals surface area contributed by atoms with Crippen LogP contribution in [0.4, 0.5) is 5.69 Å². The molecule has 0 N–H and O–H groups in total. The first kappa shape index (κ1) is 4.92. The minimum absolute atomic E-state index is 0.523. The number of nitrogens with zero attached hydrogens (tertiary/aromatic N) is 1. The van der Waals surface area contributed by atoms with Gasteiger partial charge in [0.25, 0.3) is 0 Å². The van der Waals surface area contributed by atoms with Gasteiger partial charge in [0.2, 0.25) is 0 Å². The molecule has 0 saturated carbocycles. The molecule has 0 fully saturated rings. The van der Waals surface area contributed by atoms with Crippen LogP contribution in [0, 0.1) is 6.57 Å². The van der Waals surface area contributed by atoms with Gasteiger partial charge < -0.3 is 0 Å². The van der Waals surface area contributed by atoms with Crippen molar-refractivity contribution < 1.29 is 2.74 Å². The highest BCUT2D eigenvalue weighted by molar-refractivity contribution is 9.08. The lowest BCUT2D eigenvalue weighted by Crippen LogP contribution is -1.72. The van der Waals surface area contributed by atoms with Crippen LogP contribution in [-0.2, 0) is 5.28 Å². The largest absolute Gasteiger partial charge is 0.238 e. The highest BCUT2D eigenvalue weighted by Crippen LogP contribution is 2.13. The summed E-state index contributed by atoms with van der Waals surface area (Å²) in [5.74, 6) is 0. The molecule has 2 heteroatoms. The van der Waals surface area contributed by atoms with Gasteiger partial charge in [-0.2, -0.15) is 0 Å².